The summed E-state index contributed by atoms with van der Waals surface area (Å²) in [5.41, 5.74) is -0.0300. The lowest BCUT2D eigenvalue weighted by molar-refractivity contribution is -0.274. The van der Waals surface area contributed by atoms with Gasteiger partial charge in [-0.3, -0.25) is 0 Å². The number of nitrogens with zero attached hydrogens (tertiary/aromatic N) is 2. The minimum atomic E-state index is -4.94. The van der Waals surface area contributed by atoms with Gasteiger partial charge in [0.2, 0.25) is 0 Å². The van der Waals surface area contributed by atoms with Crippen LogP contribution in [0.3, 0.4) is 0 Å². The summed E-state index contributed by atoms with van der Waals surface area (Å²) < 4.78 is 68.7. The van der Waals surface area contributed by atoms with Crippen molar-refractivity contribution in [3.05, 3.63) is 29.6 Å². The van der Waals surface area contributed by atoms with Crippen LogP contribution in [0.15, 0.2) is 18.2 Å². The highest BCUT2D eigenvalue weighted by atomic mass is 19.4. The predicted molar refractivity (Wildman–Crippen MR) is 99.5 cm³/mol. The number of nitrogens with one attached hydrogen (secondary N) is 2. The smallest absolute Gasteiger partial charge is 0.406 e. The molecular weight excluding hydrogens is 427 g/mol. The molecule has 1 aromatic rings. The number of piperidine rings is 1. The maximum absolute atomic E-state index is 14.2. The molecule has 1 aliphatic carbocycles. The number of urea groups is 2. The lowest BCUT2D eigenvalue weighted by Gasteiger charge is -2.40. The Hall–Kier alpha value is -2.79. The van der Waals surface area contributed by atoms with Crippen LogP contribution in [0.4, 0.5) is 31.5 Å². The van der Waals surface area contributed by atoms with Crippen molar-refractivity contribution in [3.63, 3.8) is 0 Å². The van der Waals surface area contributed by atoms with E-state index in [0.29, 0.717) is 6.07 Å². The Kier molecular flexibility index (Phi) is 6.75. The molecule has 12 heteroatoms. The summed E-state index contributed by atoms with van der Waals surface area (Å²) in [6.07, 6.45) is -4.68. The highest BCUT2D eigenvalue weighted by Crippen LogP contribution is 2.32. The van der Waals surface area contributed by atoms with Gasteiger partial charge in [0.15, 0.2) is 0 Å². The SMILES string of the molecule is CNC(=O)N1C[C@@H](F)C[C@@H](N(C(=O)NCc2ccc(OC(F)(F)F)cc2F)C2CC2)C1. The molecule has 0 spiro atoms. The van der Waals surface area contributed by atoms with E-state index in [-0.39, 0.29) is 37.7 Å². The van der Waals surface area contributed by atoms with E-state index in [1.54, 1.807) is 0 Å². The van der Waals surface area contributed by atoms with E-state index in [4.69, 9.17) is 0 Å². The number of likely N-dealkylation sites (tertiary alicyclic amines) is 1. The number of benzene rings is 1. The van der Waals surface area contributed by atoms with Gasteiger partial charge < -0.3 is 25.2 Å². The number of rotatable bonds is 5. The fraction of sp³-hybridized carbons (Fsp3) is 0.579. The quantitative estimate of drug-likeness (QED) is 0.677. The van der Waals surface area contributed by atoms with Crippen molar-refractivity contribution in [1.29, 1.82) is 0 Å². The Morgan fingerprint density at radius 3 is 2.52 bits per heavy atom. The van der Waals surface area contributed by atoms with Gasteiger partial charge in [-0.1, -0.05) is 6.07 Å². The third kappa shape index (κ3) is 6.11. The second-order valence-electron chi connectivity index (χ2n) is 7.55. The van der Waals surface area contributed by atoms with Crippen LogP contribution in [0.25, 0.3) is 0 Å². The maximum Gasteiger partial charge on any atom is 0.573 e. The average molecular weight is 450 g/mol. The summed E-state index contributed by atoms with van der Waals surface area (Å²) in [5.74, 6) is -1.67. The molecule has 172 valence electrons. The molecule has 1 aromatic carbocycles. The van der Waals surface area contributed by atoms with E-state index in [2.05, 4.69) is 15.4 Å². The van der Waals surface area contributed by atoms with E-state index < -0.39 is 42.2 Å². The summed E-state index contributed by atoms with van der Waals surface area (Å²) in [6, 6.07) is 0.996. The minimum Gasteiger partial charge on any atom is -0.406 e. The molecule has 1 aliphatic heterocycles. The van der Waals surface area contributed by atoms with Gasteiger partial charge in [0.05, 0.1) is 12.6 Å². The number of ether oxygens (including phenoxy) is 1. The first-order valence-corrected chi connectivity index (χ1v) is 9.78. The van der Waals surface area contributed by atoms with Gasteiger partial charge in [-0.15, -0.1) is 13.2 Å². The Bertz CT molecular complexity index is 818. The molecule has 0 bridgehead atoms. The average Bonchev–Trinajstić information content (AvgIpc) is 3.50. The Morgan fingerprint density at radius 1 is 1.23 bits per heavy atom. The van der Waals surface area contributed by atoms with Crippen molar-refractivity contribution < 1.29 is 36.3 Å². The first-order chi connectivity index (χ1) is 14.6. The highest BCUT2D eigenvalue weighted by molar-refractivity contribution is 5.76. The first-order valence-electron chi connectivity index (χ1n) is 9.78. The number of hydrogen-bond acceptors (Lipinski definition) is 3. The van der Waals surface area contributed by atoms with E-state index in [0.717, 1.165) is 25.0 Å². The lowest BCUT2D eigenvalue weighted by Crippen LogP contribution is -2.58. The fourth-order valence-corrected chi connectivity index (χ4v) is 3.65. The number of hydrogen-bond donors (Lipinski definition) is 2. The van der Waals surface area contributed by atoms with Gasteiger partial charge in [0.25, 0.3) is 0 Å². The zero-order valence-electron chi connectivity index (χ0n) is 16.7. The van der Waals surface area contributed by atoms with Gasteiger partial charge >= 0.3 is 18.4 Å². The molecule has 31 heavy (non-hydrogen) atoms. The minimum absolute atomic E-state index is 0.0300. The molecule has 0 aromatic heterocycles. The predicted octanol–water partition coefficient (Wildman–Crippen LogP) is 3.15. The molecule has 2 atom stereocenters. The normalized spacial score (nSPS) is 21.4. The van der Waals surface area contributed by atoms with Crippen LogP contribution in [-0.2, 0) is 6.54 Å². The zero-order chi connectivity index (χ0) is 22.8. The van der Waals surface area contributed by atoms with Crippen LogP contribution in [0, 0.1) is 5.82 Å². The number of alkyl halides is 4. The van der Waals surface area contributed by atoms with E-state index in [1.165, 1.54) is 16.8 Å². The van der Waals surface area contributed by atoms with Gasteiger partial charge in [-0.25, -0.2) is 18.4 Å². The first kappa shape index (κ1) is 22.9. The molecule has 2 N–H and O–H groups in total. The van der Waals surface area contributed by atoms with Crippen molar-refractivity contribution in [3.8, 4) is 5.75 Å². The van der Waals surface area contributed by atoms with Crippen molar-refractivity contribution in [2.45, 2.75) is 50.4 Å². The lowest BCUT2D eigenvalue weighted by atomic mass is 10.0. The summed E-state index contributed by atoms with van der Waals surface area (Å²) in [6.45, 7) is -0.166. The maximum atomic E-state index is 14.2. The van der Waals surface area contributed by atoms with Crippen molar-refractivity contribution in [2.75, 3.05) is 20.1 Å². The molecular formula is C19H23F5N4O3. The fourth-order valence-electron chi connectivity index (χ4n) is 3.65. The summed E-state index contributed by atoms with van der Waals surface area (Å²) in [4.78, 5) is 27.5. The number of carbonyl (C=O) groups excluding carboxylic acids is 2. The molecule has 3 rings (SSSR count). The van der Waals surface area contributed by atoms with Crippen LogP contribution < -0.4 is 15.4 Å². The molecule has 1 saturated heterocycles. The molecule has 4 amide bonds. The highest BCUT2D eigenvalue weighted by Gasteiger charge is 2.42. The van der Waals surface area contributed by atoms with Crippen LogP contribution in [0.2, 0.25) is 0 Å². The van der Waals surface area contributed by atoms with Crippen LogP contribution >= 0.6 is 0 Å². The van der Waals surface area contributed by atoms with Crippen molar-refractivity contribution >= 4 is 12.1 Å². The Labute approximate surface area is 175 Å². The zero-order valence-corrected chi connectivity index (χ0v) is 16.7. The Morgan fingerprint density at radius 2 is 1.94 bits per heavy atom. The van der Waals surface area contributed by atoms with Gasteiger partial charge in [-0.05, 0) is 18.9 Å². The number of amides is 4. The molecule has 2 aliphatic rings. The van der Waals surface area contributed by atoms with Gasteiger partial charge in [0, 0.05) is 44.2 Å². The second-order valence-corrected chi connectivity index (χ2v) is 7.55. The summed E-state index contributed by atoms with van der Waals surface area (Å²) in [5, 5.41) is 4.98. The van der Waals surface area contributed by atoms with Crippen LogP contribution in [0.5, 0.6) is 5.75 Å². The van der Waals surface area contributed by atoms with E-state index in [1.807, 2.05) is 0 Å². The Balaban J connectivity index is 1.64. The summed E-state index contributed by atoms with van der Waals surface area (Å²) in [7, 11) is 1.43. The molecule has 7 nitrogen and oxygen atoms in total. The molecule has 0 radical (unpaired) electrons. The van der Waals surface area contributed by atoms with Gasteiger partial charge in [-0.2, -0.15) is 0 Å². The topological polar surface area (TPSA) is 73.9 Å². The van der Waals surface area contributed by atoms with Crippen molar-refractivity contribution in [1.82, 2.24) is 20.4 Å². The third-order valence-corrected chi connectivity index (χ3v) is 5.13. The largest absolute Gasteiger partial charge is 0.573 e. The second kappa shape index (κ2) is 9.15. The van der Waals surface area contributed by atoms with E-state index in [9.17, 15) is 31.5 Å². The molecule has 1 heterocycles. The van der Waals surface area contributed by atoms with Crippen LogP contribution in [0.1, 0.15) is 24.8 Å². The molecule has 0 unspecified atom stereocenters. The number of carbonyl (C=O) groups is 2. The van der Waals surface area contributed by atoms with Crippen molar-refractivity contribution in [2.24, 2.45) is 0 Å². The monoisotopic (exact) mass is 450 g/mol. The van der Waals surface area contributed by atoms with Gasteiger partial charge in [0.1, 0.15) is 17.7 Å². The standard InChI is InChI=1S/C19H23F5N4O3/c1-25-17(29)27-9-12(20)6-14(10-27)28(13-3-4-13)18(30)26-8-11-2-5-15(7-16(11)21)31-19(22,23)24/h2,5,7,12-14H,3-4,6,8-10H2,1H3,(H,25,29)(H,26,30)/t12-,14+/m0/s1. The van der Waals surface area contributed by atoms with E-state index >= 15 is 0 Å². The summed E-state index contributed by atoms with van der Waals surface area (Å²) >= 11 is 0. The molecule has 1 saturated carbocycles. The molecule has 2 fully saturated rings. The van der Waals surface area contributed by atoms with Crippen LogP contribution in [-0.4, -0.2) is 66.6 Å². The number of halogens is 5. The third-order valence-electron chi connectivity index (χ3n) is 5.13.